The van der Waals surface area contributed by atoms with Crippen LogP contribution in [0.5, 0.6) is 0 Å². The number of nitrogens with zero attached hydrogens (tertiary/aromatic N) is 1. The van der Waals surface area contributed by atoms with Crippen molar-refractivity contribution in [3.05, 3.63) is 29.6 Å². The van der Waals surface area contributed by atoms with Gasteiger partial charge in [-0.3, -0.25) is 4.79 Å². The topological polar surface area (TPSA) is 93.0 Å². The lowest BCUT2D eigenvalue weighted by molar-refractivity contribution is 0.0407. The predicted molar refractivity (Wildman–Crippen MR) is 117 cm³/mol. The number of unbranched alkanes of at least 4 members (excludes halogenated alkanes) is 2. The minimum atomic E-state index is -0.453. The van der Waals surface area contributed by atoms with Gasteiger partial charge in [-0.05, 0) is 44.4 Å². The van der Waals surface area contributed by atoms with Gasteiger partial charge in [-0.25, -0.2) is 4.98 Å². The number of fused-ring (bicyclic) bond motifs is 1. The van der Waals surface area contributed by atoms with Gasteiger partial charge in [-0.2, -0.15) is 0 Å². The Hall–Kier alpha value is -1.22. The molecule has 1 aromatic heterocycles. The number of carbonyl (C=O) groups excluding carboxylic acids is 1. The number of nitrogens with two attached hydrogens (primary N) is 1. The number of benzene rings is 1. The monoisotopic (exact) mass is 420 g/mol. The number of hydrogen-bond donors (Lipinski definition) is 3. The largest absolute Gasteiger partial charge is 0.376 e. The van der Waals surface area contributed by atoms with E-state index in [2.05, 4.69) is 26.1 Å². The van der Waals surface area contributed by atoms with Gasteiger partial charge in [0.1, 0.15) is 11.3 Å². The zero-order chi connectivity index (χ0) is 19.3. The van der Waals surface area contributed by atoms with Gasteiger partial charge in [-0.15, -0.1) is 0 Å². The number of H-pyrrole nitrogens is 1. The van der Waals surface area contributed by atoms with E-state index < -0.39 is 5.91 Å². The second kappa shape index (κ2) is 9.52. The van der Waals surface area contributed by atoms with Crippen LogP contribution in [-0.4, -0.2) is 46.1 Å². The quantitative estimate of drug-likeness (QED) is 0.422. The molecule has 1 amide bonds. The van der Waals surface area contributed by atoms with Crippen LogP contribution < -0.4 is 11.1 Å². The van der Waals surface area contributed by atoms with Crippen molar-refractivity contribution in [1.29, 1.82) is 0 Å². The number of aromatic nitrogens is 2. The molecule has 4 N–H and O–H groups in total. The van der Waals surface area contributed by atoms with Crippen molar-refractivity contribution >= 4 is 38.5 Å². The highest BCUT2D eigenvalue weighted by Crippen LogP contribution is 2.39. The number of carbonyl (C=O) groups is 1. The zero-order valence-electron chi connectivity index (χ0n) is 16.0. The van der Waals surface area contributed by atoms with Gasteiger partial charge in [0.25, 0.3) is 5.91 Å². The first kappa shape index (κ1) is 20.1. The molecule has 0 saturated carbocycles. The highest BCUT2D eigenvalue weighted by atomic mass is 33.1. The second-order valence-electron chi connectivity index (χ2n) is 7.50. The van der Waals surface area contributed by atoms with Gasteiger partial charge < -0.3 is 20.8 Å². The van der Waals surface area contributed by atoms with Gasteiger partial charge in [0.05, 0.1) is 23.2 Å². The minimum Gasteiger partial charge on any atom is -0.376 e. The molecule has 0 radical (unpaired) electrons. The number of nitrogens with one attached hydrogen (secondary N) is 2. The van der Waals surface area contributed by atoms with Crippen molar-refractivity contribution in [3.8, 4) is 0 Å². The van der Waals surface area contributed by atoms with E-state index in [1.807, 2.05) is 22.9 Å². The summed E-state index contributed by atoms with van der Waals surface area (Å²) in [6, 6.07) is 5.49. The van der Waals surface area contributed by atoms with Crippen LogP contribution in [0.3, 0.4) is 0 Å². The Balaban J connectivity index is 1.29. The molecule has 3 atom stereocenters. The number of para-hydroxylation sites is 1. The maximum Gasteiger partial charge on any atom is 0.250 e. The molecule has 152 valence electrons. The molecule has 2 aromatic rings. The molecule has 0 aliphatic carbocycles. The number of imidazole rings is 1. The van der Waals surface area contributed by atoms with Crippen LogP contribution in [0, 0.1) is 0 Å². The van der Waals surface area contributed by atoms with Crippen molar-refractivity contribution in [1.82, 2.24) is 15.3 Å². The van der Waals surface area contributed by atoms with Crippen LogP contribution in [0.25, 0.3) is 11.0 Å². The summed E-state index contributed by atoms with van der Waals surface area (Å²) in [5, 5.41) is 4.35. The molecule has 2 aliphatic heterocycles. The van der Waals surface area contributed by atoms with Gasteiger partial charge >= 0.3 is 0 Å². The van der Waals surface area contributed by atoms with Crippen molar-refractivity contribution in [3.63, 3.8) is 0 Å². The van der Waals surface area contributed by atoms with Crippen LogP contribution in [0.4, 0.5) is 0 Å². The van der Waals surface area contributed by atoms with Crippen molar-refractivity contribution in [2.24, 2.45) is 5.73 Å². The molecule has 8 heteroatoms. The summed E-state index contributed by atoms with van der Waals surface area (Å²) in [7, 11) is 4.09. The molecular formula is C20H28N4O2S2. The lowest BCUT2D eigenvalue weighted by atomic mass is 10.1. The molecule has 2 fully saturated rings. The molecule has 6 nitrogen and oxygen atoms in total. The third kappa shape index (κ3) is 4.67. The Morgan fingerprint density at radius 3 is 3.04 bits per heavy atom. The average Bonchev–Trinajstić information content (AvgIpc) is 3.43. The first-order chi connectivity index (χ1) is 13.7. The Labute approximate surface area is 173 Å². The van der Waals surface area contributed by atoms with Crippen molar-refractivity contribution in [2.45, 2.75) is 55.9 Å². The Kier molecular flexibility index (Phi) is 6.82. The smallest absolute Gasteiger partial charge is 0.250 e. The Morgan fingerprint density at radius 1 is 1.29 bits per heavy atom. The lowest BCUT2D eigenvalue weighted by Gasteiger charge is -2.18. The fourth-order valence-corrected chi connectivity index (χ4v) is 7.01. The number of rotatable bonds is 9. The highest BCUT2D eigenvalue weighted by molar-refractivity contribution is 8.77. The SMILES string of the molecule is NC(=O)c1cccc2[nH]c(C3NCCC3OCCCCCC3CCSS3)nc12. The minimum absolute atomic E-state index is 0.0278. The van der Waals surface area contributed by atoms with E-state index in [4.69, 9.17) is 10.5 Å². The van der Waals surface area contributed by atoms with Gasteiger partial charge in [0, 0.05) is 17.6 Å². The van der Waals surface area contributed by atoms with Crippen LogP contribution in [0.15, 0.2) is 18.2 Å². The fourth-order valence-electron chi connectivity index (χ4n) is 3.98. The van der Waals surface area contributed by atoms with E-state index in [1.54, 1.807) is 6.07 Å². The number of amides is 1. The summed E-state index contributed by atoms with van der Waals surface area (Å²) in [5.74, 6) is 1.68. The predicted octanol–water partition coefficient (Wildman–Crippen LogP) is 3.80. The van der Waals surface area contributed by atoms with E-state index >= 15 is 0 Å². The molecule has 3 heterocycles. The van der Waals surface area contributed by atoms with Crippen LogP contribution in [-0.2, 0) is 4.74 Å². The summed E-state index contributed by atoms with van der Waals surface area (Å²) in [6.07, 6.45) is 7.44. The number of hydrogen-bond acceptors (Lipinski definition) is 6. The lowest BCUT2D eigenvalue weighted by Crippen LogP contribution is -2.25. The first-order valence-electron chi connectivity index (χ1n) is 10.1. The number of aromatic amines is 1. The maximum atomic E-state index is 11.6. The van der Waals surface area contributed by atoms with Crippen LogP contribution in [0.2, 0.25) is 0 Å². The fraction of sp³-hybridized carbons (Fsp3) is 0.600. The standard InChI is InChI=1S/C20H28N4O2S2/c21-19(25)14-6-4-7-15-17(14)24-20(23-15)18-16(8-10-22-18)26-11-3-1-2-5-13-9-12-27-28-13/h4,6-7,13,16,18,22H,1-3,5,8-12H2,(H2,21,25)(H,23,24). The van der Waals surface area contributed by atoms with Crippen LogP contribution in [0.1, 0.15) is 60.7 Å². The van der Waals surface area contributed by atoms with E-state index in [1.165, 1.54) is 31.4 Å². The Bertz CT molecular complexity index is 807. The summed E-state index contributed by atoms with van der Waals surface area (Å²) < 4.78 is 6.19. The normalized spacial score (nSPS) is 24.9. The molecular weight excluding hydrogens is 392 g/mol. The molecule has 4 rings (SSSR count). The molecule has 3 unspecified atom stereocenters. The van der Waals surface area contributed by atoms with Crippen molar-refractivity contribution in [2.75, 3.05) is 18.9 Å². The zero-order valence-corrected chi connectivity index (χ0v) is 17.6. The Morgan fingerprint density at radius 2 is 2.21 bits per heavy atom. The molecule has 0 bridgehead atoms. The average molecular weight is 421 g/mol. The second-order valence-corrected chi connectivity index (χ2v) is 10.3. The number of primary amides is 1. The van der Waals surface area contributed by atoms with E-state index in [0.717, 1.165) is 42.6 Å². The van der Waals surface area contributed by atoms with E-state index in [-0.39, 0.29) is 12.1 Å². The summed E-state index contributed by atoms with van der Waals surface area (Å²) in [5.41, 5.74) is 7.41. The summed E-state index contributed by atoms with van der Waals surface area (Å²) in [4.78, 5) is 19.7. The van der Waals surface area contributed by atoms with Crippen LogP contribution >= 0.6 is 21.6 Å². The molecule has 0 spiro atoms. The number of ether oxygens (including phenoxy) is 1. The molecule has 1 aromatic carbocycles. The third-order valence-electron chi connectivity index (χ3n) is 5.49. The highest BCUT2D eigenvalue weighted by Gasteiger charge is 2.31. The van der Waals surface area contributed by atoms with E-state index in [0.29, 0.717) is 11.1 Å². The maximum absolute atomic E-state index is 11.6. The summed E-state index contributed by atoms with van der Waals surface area (Å²) >= 11 is 0. The van der Waals surface area contributed by atoms with Crippen molar-refractivity contribution < 1.29 is 9.53 Å². The van der Waals surface area contributed by atoms with Gasteiger partial charge in [0.2, 0.25) is 0 Å². The third-order valence-corrected chi connectivity index (χ3v) is 8.49. The van der Waals surface area contributed by atoms with E-state index in [9.17, 15) is 4.79 Å². The van der Waals surface area contributed by atoms with Gasteiger partial charge in [-0.1, -0.05) is 40.5 Å². The molecule has 2 aliphatic rings. The molecule has 28 heavy (non-hydrogen) atoms. The first-order valence-corrected chi connectivity index (χ1v) is 12.5. The molecule has 2 saturated heterocycles. The van der Waals surface area contributed by atoms with Gasteiger partial charge in [0.15, 0.2) is 0 Å². The summed E-state index contributed by atoms with van der Waals surface area (Å²) in [6.45, 7) is 1.70.